The van der Waals surface area contributed by atoms with Gasteiger partial charge in [-0.1, -0.05) is 23.7 Å². The largest absolute Gasteiger partial charge is 0.374 e. The van der Waals surface area contributed by atoms with Crippen molar-refractivity contribution < 1.29 is 8.42 Å². The van der Waals surface area contributed by atoms with Crippen LogP contribution in [0.2, 0.25) is 4.34 Å². The molecule has 1 saturated heterocycles. The van der Waals surface area contributed by atoms with Crippen LogP contribution >= 0.6 is 22.9 Å². The SMILES string of the molecule is CN1CCN(C(CNS(=O)(=O)c2ccc(Cl)s2)c2ccc3c(c2)CCN3C)CC1. The van der Waals surface area contributed by atoms with Gasteiger partial charge in [0.2, 0.25) is 10.0 Å². The molecule has 1 atom stereocenters. The monoisotopic (exact) mass is 454 g/mol. The molecule has 29 heavy (non-hydrogen) atoms. The summed E-state index contributed by atoms with van der Waals surface area (Å²) in [4.78, 5) is 6.97. The summed E-state index contributed by atoms with van der Waals surface area (Å²) in [5, 5.41) is 0. The third-order valence-corrected chi connectivity index (χ3v) is 9.02. The van der Waals surface area contributed by atoms with Gasteiger partial charge in [0.1, 0.15) is 4.21 Å². The number of sulfonamides is 1. The number of thiophene rings is 1. The molecule has 1 unspecified atom stereocenters. The number of nitrogens with zero attached hydrogens (tertiary/aromatic N) is 3. The smallest absolute Gasteiger partial charge is 0.250 e. The zero-order valence-electron chi connectivity index (χ0n) is 16.8. The molecule has 0 amide bonds. The number of nitrogens with one attached hydrogen (secondary N) is 1. The zero-order chi connectivity index (χ0) is 20.6. The molecule has 0 radical (unpaired) electrons. The van der Waals surface area contributed by atoms with Crippen molar-refractivity contribution in [1.29, 1.82) is 0 Å². The van der Waals surface area contributed by atoms with Crippen LogP contribution in [0.25, 0.3) is 0 Å². The maximum Gasteiger partial charge on any atom is 0.250 e. The van der Waals surface area contributed by atoms with Gasteiger partial charge in [-0.15, -0.1) is 11.3 Å². The van der Waals surface area contributed by atoms with E-state index in [2.05, 4.69) is 51.7 Å². The quantitative estimate of drug-likeness (QED) is 0.727. The Labute approximate surface area is 182 Å². The highest BCUT2D eigenvalue weighted by molar-refractivity contribution is 7.91. The van der Waals surface area contributed by atoms with Crippen molar-refractivity contribution in [2.75, 3.05) is 58.3 Å². The lowest BCUT2D eigenvalue weighted by Gasteiger charge is -2.38. The minimum Gasteiger partial charge on any atom is -0.374 e. The Balaban J connectivity index is 1.57. The number of piperazine rings is 1. The summed E-state index contributed by atoms with van der Waals surface area (Å²) in [6, 6.07) is 9.78. The first kappa shape index (κ1) is 21.1. The number of hydrogen-bond acceptors (Lipinski definition) is 6. The molecule has 158 valence electrons. The highest BCUT2D eigenvalue weighted by Gasteiger charge is 2.28. The molecule has 1 fully saturated rings. The number of anilines is 1. The third-order valence-electron chi connectivity index (χ3n) is 5.87. The van der Waals surface area contributed by atoms with Gasteiger partial charge in [0.15, 0.2) is 0 Å². The van der Waals surface area contributed by atoms with Gasteiger partial charge in [-0.3, -0.25) is 4.90 Å². The molecule has 3 heterocycles. The van der Waals surface area contributed by atoms with Crippen molar-refractivity contribution >= 4 is 38.6 Å². The van der Waals surface area contributed by atoms with E-state index in [1.807, 2.05) is 0 Å². The Morgan fingerprint density at radius 3 is 2.55 bits per heavy atom. The molecule has 1 aromatic carbocycles. The van der Waals surface area contributed by atoms with E-state index in [1.165, 1.54) is 16.8 Å². The normalized spacial score (nSPS) is 19.5. The van der Waals surface area contributed by atoms with Crippen LogP contribution < -0.4 is 9.62 Å². The summed E-state index contributed by atoms with van der Waals surface area (Å²) in [7, 11) is 0.667. The standard InChI is InChI=1S/C20H27ClN4O2S2/c1-23-9-11-25(12-10-23)18(14-22-29(26,27)20-6-5-19(21)28-20)15-3-4-17-16(13-15)7-8-24(17)2/h3-6,13,18,22H,7-12,14H2,1-2H3. The molecule has 4 rings (SSSR count). The molecule has 9 heteroatoms. The molecule has 0 spiro atoms. The Bertz CT molecular complexity index is 971. The molecule has 1 aromatic heterocycles. The van der Waals surface area contributed by atoms with Crippen molar-refractivity contribution in [3.63, 3.8) is 0 Å². The summed E-state index contributed by atoms with van der Waals surface area (Å²) in [5.74, 6) is 0. The Morgan fingerprint density at radius 2 is 1.86 bits per heavy atom. The first-order chi connectivity index (χ1) is 13.8. The molecule has 2 aromatic rings. The number of likely N-dealkylation sites (N-methyl/N-ethyl adjacent to an activating group) is 2. The first-order valence-corrected chi connectivity index (χ1v) is 12.5. The predicted octanol–water partition coefficient (Wildman–Crippen LogP) is 2.66. The second-order valence-corrected chi connectivity index (χ2v) is 11.5. The fraction of sp³-hybridized carbons (Fsp3) is 0.500. The zero-order valence-corrected chi connectivity index (χ0v) is 19.2. The minimum absolute atomic E-state index is 0.00474. The van der Waals surface area contributed by atoms with Crippen LogP contribution in [0.1, 0.15) is 17.2 Å². The summed E-state index contributed by atoms with van der Waals surface area (Å²) >= 11 is 7.02. The van der Waals surface area contributed by atoms with Gasteiger partial charge >= 0.3 is 0 Å². The molecular formula is C20H27ClN4O2S2. The summed E-state index contributed by atoms with van der Waals surface area (Å²) in [5.41, 5.74) is 3.80. The van der Waals surface area contributed by atoms with Gasteiger partial charge < -0.3 is 9.80 Å². The topological polar surface area (TPSA) is 55.9 Å². The third kappa shape index (κ3) is 4.62. The van der Waals surface area contributed by atoms with Crippen molar-refractivity contribution in [2.45, 2.75) is 16.7 Å². The van der Waals surface area contributed by atoms with E-state index in [9.17, 15) is 8.42 Å². The predicted molar refractivity (Wildman–Crippen MR) is 120 cm³/mol. The van der Waals surface area contributed by atoms with Gasteiger partial charge in [0, 0.05) is 58.0 Å². The minimum atomic E-state index is -3.57. The van der Waals surface area contributed by atoms with Crippen molar-refractivity contribution in [1.82, 2.24) is 14.5 Å². The average Bonchev–Trinajstić information content (AvgIpc) is 3.30. The second kappa shape index (κ2) is 8.53. The lowest BCUT2D eigenvalue weighted by atomic mass is 10.0. The van der Waals surface area contributed by atoms with E-state index in [0.717, 1.165) is 50.5 Å². The van der Waals surface area contributed by atoms with Crippen molar-refractivity contribution in [2.24, 2.45) is 0 Å². The Kier molecular flexibility index (Phi) is 6.20. The molecule has 0 aliphatic carbocycles. The maximum absolute atomic E-state index is 12.8. The molecule has 6 nitrogen and oxygen atoms in total. The van der Waals surface area contributed by atoms with Gasteiger partial charge in [-0.2, -0.15) is 0 Å². The molecule has 2 aliphatic heterocycles. The van der Waals surface area contributed by atoms with Crippen LogP contribution in [-0.2, 0) is 16.4 Å². The molecule has 0 saturated carbocycles. The highest BCUT2D eigenvalue weighted by Crippen LogP contribution is 2.32. The number of fused-ring (bicyclic) bond motifs is 1. The van der Waals surface area contributed by atoms with Gasteiger partial charge in [-0.25, -0.2) is 13.1 Å². The van der Waals surface area contributed by atoms with E-state index in [0.29, 0.717) is 10.9 Å². The fourth-order valence-corrected chi connectivity index (χ4v) is 6.65. The van der Waals surface area contributed by atoms with Crippen LogP contribution in [0.15, 0.2) is 34.5 Å². The van der Waals surface area contributed by atoms with E-state index in [4.69, 9.17) is 11.6 Å². The number of rotatable bonds is 6. The van der Waals surface area contributed by atoms with Crippen molar-refractivity contribution in [3.05, 3.63) is 45.8 Å². The average molecular weight is 455 g/mol. The fourth-order valence-electron chi connectivity index (χ4n) is 4.09. The summed E-state index contributed by atoms with van der Waals surface area (Å²) in [6.45, 7) is 5.18. The van der Waals surface area contributed by atoms with Gasteiger partial charge in [-0.05, 0) is 42.8 Å². The van der Waals surface area contributed by atoms with Gasteiger partial charge in [0.05, 0.1) is 4.34 Å². The summed E-state index contributed by atoms with van der Waals surface area (Å²) < 4.78 is 29.1. The Morgan fingerprint density at radius 1 is 1.10 bits per heavy atom. The molecule has 2 aliphatic rings. The van der Waals surface area contributed by atoms with Crippen LogP contribution in [-0.4, -0.2) is 71.6 Å². The lowest BCUT2D eigenvalue weighted by molar-refractivity contribution is 0.113. The maximum atomic E-state index is 12.8. The van der Waals surface area contributed by atoms with E-state index in [1.54, 1.807) is 12.1 Å². The Hall–Kier alpha value is -1.16. The molecular weight excluding hydrogens is 428 g/mol. The molecule has 1 N–H and O–H groups in total. The molecule has 0 bridgehead atoms. The number of hydrogen-bond donors (Lipinski definition) is 1. The van der Waals surface area contributed by atoms with Crippen LogP contribution in [0.4, 0.5) is 5.69 Å². The summed E-state index contributed by atoms with van der Waals surface area (Å²) in [6.07, 6.45) is 1.04. The van der Waals surface area contributed by atoms with E-state index >= 15 is 0 Å². The number of benzene rings is 1. The van der Waals surface area contributed by atoms with Gasteiger partial charge in [0.25, 0.3) is 0 Å². The number of halogens is 1. The lowest BCUT2D eigenvalue weighted by Crippen LogP contribution is -2.48. The van der Waals surface area contributed by atoms with E-state index < -0.39 is 10.0 Å². The second-order valence-electron chi connectivity index (χ2n) is 7.83. The van der Waals surface area contributed by atoms with E-state index in [-0.39, 0.29) is 10.3 Å². The highest BCUT2D eigenvalue weighted by atomic mass is 35.5. The van der Waals surface area contributed by atoms with Crippen LogP contribution in [0.5, 0.6) is 0 Å². The van der Waals surface area contributed by atoms with Crippen LogP contribution in [0, 0.1) is 0 Å². The van der Waals surface area contributed by atoms with Crippen LogP contribution in [0.3, 0.4) is 0 Å². The van der Waals surface area contributed by atoms with Crippen molar-refractivity contribution in [3.8, 4) is 0 Å². The first-order valence-electron chi connectivity index (χ1n) is 9.85.